The number of benzene rings is 2. The van der Waals surface area contributed by atoms with Crippen LogP contribution >= 0.6 is 0 Å². The number of rotatable bonds is 9. The number of nitrogen functional groups attached to an aromatic ring is 1. The molecule has 1 saturated carbocycles. The highest BCUT2D eigenvalue weighted by atomic mass is 16.4. The van der Waals surface area contributed by atoms with E-state index < -0.39 is 23.7 Å². The Balaban J connectivity index is 1.49. The van der Waals surface area contributed by atoms with Gasteiger partial charge in [0.1, 0.15) is 5.84 Å². The van der Waals surface area contributed by atoms with Crippen LogP contribution in [-0.2, 0) is 20.8 Å². The Hall–Kier alpha value is -4.14. The highest BCUT2D eigenvalue weighted by molar-refractivity contribution is 5.99. The van der Waals surface area contributed by atoms with E-state index in [-0.39, 0.29) is 17.6 Å². The number of nitrogens with one attached hydrogen (secondary N) is 3. The monoisotopic (exact) mass is 489 g/mol. The number of amidine groups is 1. The average molecular weight is 490 g/mol. The fourth-order valence-corrected chi connectivity index (χ4v) is 4.93. The maximum atomic E-state index is 13.3. The molecular formula is C27H31N5O4. The van der Waals surface area contributed by atoms with Crippen molar-refractivity contribution in [2.45, 2.75) is 39.0 Å². The van der Waals surface area contributed by atoms with Crippen molar-refractivity contribution in [2.75, 3.05) is 10.7 Å². The van der Waals surface area contributed by atoms with Gasteiger partial charge in [0.15, 0.2) is 0 Å². The smallest absolute Gasteiger partial charge is 0.306 e. The molecule has 1 aliphatic carbocycles. The number of carbonyl (C=O) groups excluding carboxylic acids is 2. The summed E-state index contributed by atoms with van der Waals surface area (Å²) < 4.78 is 1.65. The number of anilines is 1. The fraction of sp³-hybridized carbons (Fsp3) is 0.333. The number of nitrogens with two attached hydrogens (primary N) is 1. The molecule has 6 N–H and O–H groups in total. The van der Waals surface area contributed by atoms with E-state index in [9.17, 15) is 19.5 Å². The van der Waals surface area contributed by atoms with Crippen molar-refractivity contribution >= 4 is 40.2 Å². The Morgan fingerprint density at radius 2 is 1.75 bits per heavy atom. The molecule has 1 aliphatic rings. The molecule has 1 aromatic heterocycles. The van der Waals surface area contributed by atoms with E-state index in [1.807, 2.05) is 31.2 Å². The summed E-state index contributed by atoms with van der Waals surface area (Å²) in [5, 5.41) is 20.8. The van der Waals surface area contributed by atoms with Gasteiger partial charge in [-0.1, -0.05) is 31.5 Å². The predicted molar refractivity (Wildman–Crippen MR) is 138 cm³/mol. The Kier molecular flexibility index (Phi) is 7.38. The minimum Gasteiger partial charge on any atom is -0.481 e. The number of aromatic nitrogens is 1. The number of carbonyl (C=O) groups is 3. The first-order valence-electron chi connectivity index (χ1n) is 12.2. The molecule has 3 atom stereocenters. The van der Waals surface area contributed by atoms with Crippen LogP contribution in [0.5, 0.6) is 0 Å². The number of fused-ring (bicyclic) bond motifs is 1. The molecule has 1 fully saturated rings. The van der Waals surface area contributed by atoms with E-state index in [0.29, 0.717) is 36.9 Å². The SMILES string of the molecule is CCC(Cc1cn(NC(=O)C2CCCC2C(=O)Nc2ccc(C(=N)N)cc2)c2ccccc12)C(=O)O. The zero-order valence-electron chi connectivity index (χ0n) is 20.2. The standard InChI is InChI=1S/C27H31N5O4/c1-2-16(27(35)36)14-18-15-32(23-9-4-3-6-20(18)23)31-26(34)22-8-5-7-21(22)25(33)30-19-12-10-17(11-13-19)24(28)29/h3-4,6,9-13,15-16,21-22H,2,5,7-8,14H2,1H3,(H3,28,29)(H,30,33)(H,31,34)(H,35,36). The molecule has 2 aromatic carbocycles. The first-order chi connectivity index (χ1) is 17.3. The quantitative estimate of drug-likeness (QED) is 0.229. The first-order valence-corrected chi connectivity index (χ1v) is 12.2. The summed E-state index contributed by atoms with van der Waals surface area (Å²) in [5.74, 6) is -2.79. The lowest BCUT2D eigenvalue weighted by Crippen LogP contribution is -2.36. The minimum absolute atomic E-state index is 0.0470. The number of carboxylic acids is 1. The predicted octanol–water partition coefficient (Wildman–Crippen LogP) is 3.70. The number of hydrogen-bond acceptors (Lipinski definition) is 4. The minimum atomic E-state index is -0.839. The van der Waals surface area contributed by atoms with Crippen LogP contribution in [-0.4, -0.2) is 33.4 Å². The lowest BCUT2D eigenvalue weighted by atomic mass is 9.94. The lowest BCUT2D eigenvalue weighted by molar-refractivity contribution is -0.141. The molecule has 0 aliphatic heterocycles. The molecule has 1 heterocycles. The van der Waals surface area contributed by atoms with Gasteiger partial charge in [0.05, 0.1) is 17.4 Å². The Bertz CT molecular complexity index is 1300. The van der Waals surface area contributed by atoms with Gasteiger partial charge in [0, 0.05) is 28.8 Å². The highest BCUT2D eigenvalue weighted by Crippen LogP contribution is 2.33. The van der Waals surface area contributed by atoms with Gasteiger partial charge in [-0.15, -0.1) is 0 Å². The second-order valence-corrected chi connectivity index (χ2v) is 9.29. The van der Waals surface area contributed by atoms with Gasteiger partial charge in [-0.05, 0) is 61.6 Å². The highest BCUT2D eigenvalue weighted by Gasteiger charge is 2.38. The van der Waals surface area contributed by atoms with Crippen LogP contribution in [0.3, 0.4) is 0 Å². The molecule has 2 amide bonds. The lowest BCUT2D eigenvalue weighted by Gasteiger charge is -2.19. The zero-order valence-corrected chi connectivity index (χ0v) is 20.2. The molecular weight excluding hydrogens is 458 g/mol. The molecule has 3 aromatic rings. The molecule has 188 valence electrons. The van der Waals surface area contributed by atoms with Crippen molar-refractivity contribution in [1.29, 1.82) is 5.41 Å². The maximum absolute atomic E-state index is 13.3. The van der Waals surface area contributed by atoms with Crippen molar-refractivity contribution < 1.29 is 19.5 Å². The summed E-state index contributed by atoms with van der Waals surface area (Å²) in [6, 6.07) is 14.3. The van der Waals surface area contributed by atoms with Crippen LogP contribution < -0.4 is 16.5 Å². The van der Waals surface area contributed by atoms with Crippen LogP contribution in [0.1, 0.15) is 43.7 Å². The average Bonchev–Trinajstić information content (AvgIpc) is 3.48. The van der Waals surface area contributed by atoms with Crippen LogP contribution in [0, 0.1) is 23.2 Å². The van der Waals surface area contributed by atoms with Crippen LogP contribution in [0.4, 0.5) is 5.69 Å². The van der Waals surface area contributed by atoms with Crippen molar-refractivity contribution in [2.24, 2.45) is 23.5 Å². The second-order valence-electron chi connectivity index (χ2n) is 9.29. The normalized spacial score (nSPS) is 18.0. The van der Waals surface area contributed by atoms with E-state index in [4.69, 9.17) is 11.1 Å². The van der Waals surface area contributed by atoms with Crippen molar-refractivity contribution in [3.05, 3.63) is 65.9 Å². The largest absolute Gasteiger partial charge is 0.481 e. The van der Waals surface area contributed by atoms with Gasteiger partial charge in [-0.25, -0.2) is 0 Å². The topological polar surface area (TPSA) is 150 Å². The number of nitrogens with zero attached hydrogens (tertiary/aromatic N) is 1. The number of carboxylic acid groups (broad SMARTS) is 1. The van der Waals surface area contributed by atoms with Crippen molar-refractivity contribution in [1.82, 2.24) is 4.68 Å². The molecule has 36 heavy (non-hydrogen) atoms. The van der Waals surface area contributed by atoms with Gasteiger partial charge in [-0.2, -0.15) is 0 Å². The van der Waals surface area contributed by atoms with Crippen molar-refractivity contribution in [3.63, 3.8) is 0 Å². The van der Waals surface area contributed by atoms with E-state index in [1.54, 1.807) is 35.1 Å². The van der Waals surface area contributed by atoms with E-state index in [0.717, 1.165) is 22.9 Å². The summed E-state index contributed by atoms with van der Waals surface area (Å²) in [4.78, 5) is 37.9. The number of para-hydroxylation sites is 1. The summed E-state index contributed by atoms with van der Waals surface area (Å²) in [6.45, 7) is 1.85. The molecule has 0 bridgehead atoms. The molecule has 4 rings (SSSR count). The fourth-order valence-electron chi connectivity index (χ4n) is 4.93. The summed E-state index contributed by atoms with van der Waals surface area (Å²) in [6.07, 6.45) is 4.66. The molecule has 9 nitrogen and oxygen atoms in total. The van der Waals surface area contributed by atoms with Gasteiger partial charge < -0.3 is 16.2 Å². The third-order valence-corrected chi connectivity index (χ3v) is 6.99. The third-order valence-electron chi connectivity index (χ3n) is 6.99. The van der Waals surface area contributed by atoms with Gasteiger partial charge in [-0.3, -0.25) is 29.9 Å². The second kappa shape index (κ2) is 10.6. The Morgan fingerprint density at radius 3 is 2.39 bits per heavy atom. The number of aliphatic carboxylic acids is 1. The molecule has 0 radical (unpaired) electrons. The number of hydrogen-bond donors (Lipinski definition) is 5. The van der Waals surface area contributed by atoms with E-state index >= 15 is 0 Å². The summed E-state index contributed by atoms with van der Waals surface area (Å²) in [5.41, 5.74) is 11.2. The van der Waals surface area contributed by atoms with E-state index in [2.05, 4.69) is 10.7 Å². The van der Waals surface area contributed by atoms with Gasteiger partial charge >= 0.3 is 5.97 Å². The van der Waals surface area contributed by atoms with Crippen LogP contribution in [0.2, 0.25) is 0 Å². The number of amides is 2. The zero-order chi connectivity index (χ0) is 25.8. The maximum Gasteiger partial charge on any atom is 0.306 e. The van der Waals surface area contributed by atoms with Crippen molar-refractivity contribution in [3.8, 4) is 0 Å². The molecule has 0 saturated heterocycles. The summed E-state index contributed by atoms with van der Waals surface area (Å²) in [7, 11) is 0. The summed E-state index contributed by atoms with van der Waals surface area (Å²) >= 11 is 0. The van der Waals surface area contributed by atoms with Gasteiger partial charge in [0.2, 0.25) is 11.8 Å². The van der Waals surface area contributed by atoms with Crippen LogP contribution in [0.15, 0.2) is 54.7 Å². The third kappa shape index (κ3) is 5.25. The molecule has 0 spiro atoms. The molecule has 3 unspecified atom stereocenters. The van der Waals surface area contributed by atoms with Crippen LogP contribution in [0.25, 0.3) is 10.9 Å². The van der Waals surface area contributed by atoms with Gasteiger partial charge in [0.25, 0.3) is 0 Å². The Morgan fingerprint density at radius 1 is 1.08 bits per heavy atom. The molecule has 9 heteroatoms. The van der Waals surface area contributed by atoms with E-state index in [1.165, 1.54) is 0 Å². The first kappa shape index (κ1) is 25.0. The Labute approximate surface area is 209 Å².